The number of benzene rings is 2. The summed E-state index contributed by atoms with van der Waals surface area (Å²) in [5.41, 5.74) is 5.09. The molecule has 0 aliphatic heterocycles. The molecule has 5 nitrogen and oxygen atoms in total. The van der Waals surface area contributed by atoms with E-state index in [0.29, 0.717) is 24.9 Å². The summed E-state index contributed by atoms with van der Waals surface area (Å²) in [5.74, 6) is -0.133. The van der Waals surface area contributed by atoms with Gasteiger partial charge in [-0.1, -0.05) is 54.1 Å². The lowest BCUT2D eigenvalue weighted by molar-refractivity contribution is -0.118. The minimum absolute atomic E-state index is 0.133. The monoisotopic (exact) mass is 396 g/mol. The normalized spacial score (nSPS) is 11.6. The van der Waals surface area contributed by atoms with Crippen LogP contribution in [0.4, 0.5) is 0 Å². The molecule has 2 aromatic heterocycles. The minimum Gasteiger partial charge on any atom is -0.329 e. The quantitative estimate of drug-likeness (QED) is 0.493. The second kappa shape index (κ2) is 9.18. The highest BCUT2D eigenvalue weighted by molar-refractivity contribution is 5.77. The number of carbonyl (C=O) groups is 1. The Kier molecular flexibility index (Phi) is 5.99. The van der Waals surface area contributed by atoms with Crippen LogP contribution < -0.4 is 5.49 Å². The maximum absolute atomic E-state index is 12.5. The summed E-state index contributed by atoms with van der Waals surface area (Å²) in [5, 5.41) is 4.39. The van der Waals surface area contributed by atoms with Crippen LogP contribution >= 0.6 is 0 Å². The highest BCUT2D eigenvalue weighted by Gasteiger charge is 2.05. The van der Waals surface area contributed by atoms with Gasteiger partial charge in [0.1, 0.15) is 5.49 Å². The Morgan fingerprint density at radius 1 is 0.933 bits per heavy atom. The Balaban J connectivity index is 1.43. The van der Waals surface area contributed by atoms with E-state index in [1.165, 1.54) is 11.1 Å². The van der Waals surface area contributed by atoms with Gasteiger partial charge >= 0.3 is 0 Å². The van der Waals surface area contributed by atoms with Gasteiger partial charge in [0, 0.05) is 25.4 Å². The molecule has 2 aromatic carbocycles. The van der Waals surface area contributed by atoms with Gasteiger partial charge in [-0.25, -0.2) is 4.68 Å². The first kappa shape index (κ1) is 19.6. The van der Waals surface area contributed by atoms with Crippen LogP contribution in [0.5, 0.6) is 0 Å². The number of hydrogen-bond donors (Lipinski definition) is 0. The third-order valence-corrected chi connectivity index (χ3v) is 4.91. The first-order chi connectivity index (χ1) is 14.7. The van der Waals surface area contributed by atoms with Gasteiger partial charge in [-0.05, 0) is 48.7 Å². The van der Waals surface area contributed by atoms with E-state index in [4.69, 9.17) is 0 Å². The smallest absolute Gasteiger partial charge is 0.247 e. The summed E-state index contributed by atoms with van der Waals surface area (Å²) < 4.78 is 3.82. The van der Waals surface area contributed by atoms with Crippen molar-refractivity contribution in [3.8, 4) is 5.69 Å². The topological polar surface area (TPSA) is 52.2 Å². The maximum atomic E-state index is 12.5. The summed E-state index contributed by atoms with van der Waals surface area (Å²) in [6.45, 7) is 2.75. The number of para-hydroxylation sites is 1. The Hall–Kier alpha value is -3.73. The third kappa shape index (κ3) is 5.00. The Bertz CT molecular complexity index is 1190. The number of rotatable bonds is 6. The van der Waals surface area contributed by atoms with Crippen molar-refractivity contribution in [3.63, 3.8) is 0 Å². The second-order valence-electron chi connectivity index (χ2n) is 7.31. The zero-order valence-corrected chi connectivity index (χ0v) is 17.0. The van der Waals surface area contributed by atoms with Crippen LogP contribution in [0.1, 0.15) is 23.1 Å². The number of aromatic nitrogens is 3. The summed E-state index contributed by atoms with van der Waals surface area (Å²) in [4.78, 5) is 16.9. The molecule has 4 aromatic rings. The fraction of sp³-hybridized carbons (Fsp3) is 0.160. The molecule has 5 heteroatoms. The second-order valence-corrected chi connectivity index (χ2v) is 7.31. The number of carbonyl (C=O) groups excluding carboxylic acids is 1. The van der Waals surface area contributed by atoms with E-state index < -0.39 is 0 Å². The van der Waals surface area contributed by atoms with Crippen molar-refractivity contribution in [2.75, 3.05) is 0 Å². The SMILES string of the molecule is Cc1ccc(Cn2ccccc2=NC(=O)CCc2cnn(-c3ccccc3)c2)cc1. The predicted octanol–water partition coefficient (Wildman–Crippen LogP) is 4.09. The number of amides is 1. The van der Waals surface area contributed by atoms with Crippen LogP contribution in [0.3, 0.4) is 0 Å². The van der Waals surface area contributed by atoms with E-state index in [1.807, 2.05) is 70.2 Å². The lowest BCUT2D eigenvalue weighted by Crippen LogP contribution is -2.22. The van der Waals surface area contributed by atoms with Crippen molar-refractivity contribution in [2.45, 2.75) is 26.3 Å². The van der Waals surface area contributed by atoms with Gasteiger partial charge in [-0.3, -0.25) is 4.79 Å². The molecule has 2 heterocycles. The van der Waals surface area contributed by atoms with Gasteiger partial charge in [-0.15, -0.1) is 0 Å². The molecular weight excluding hydrogens is 372 g/mol. The maximum Gasteiger partial charge on any atom is 0.247 e. The van der Waals surface area contributed by atoms with Crippen LogP contribution in [0.2, 0.25) is 0 Å². The fourth-order valence-corrected chi connectivity index (χ4v) is 3.24. The molecule has 0 fully saturated rings. The summed E-state index contributed by atoms with van der Waals surface area (Å²) in [7, 11) is 0. The minimum atomic E-state index is -0.133. The lowest BCUT2D eigenvalue weighted by Gasteiger charge is -2.07. The molecule has 30 heavy (non-hydrogen) atoms. The molecule has 0 saturated heterocycles. The first-order valence-electron chi connectivity index (χ1n) is 10.0. The van der Waals surface area contributed by atoms with Crippen LogP contribution in [0, 0.1) is 6.92 Å². The van der Waals surface area contributed by atoms with E-state index in [1.54, 1.807) is 6.20 Å². The van der Waals surface area contributed by atoms with Crippen molar-refractivity contribution < 1.29 is 4.79 Å². The summed E-state index contributed by atoms with van der Waals surface area (Å²) in [6.07, 6.45) is 6.68. The molecule has 0 N–H and O–H groups in total. The largest absolute Gasteiger partial charge is 0.329 e. The third-order valence-electron chi connectivity index (χ3n) is 4.91. The van der Waals surface area contributed by atoms with E-state index in [0.717, 1.165) is 11.3 Å². The van der Waals surface area contributed by atoms with E-state index in [-0.39, 0.29) is 5.91 Å². The zero-order valence-electron chi connectivity index (χ0n) is 17.0. The Labute approximate surface area is 176 Å². The van der Waals surface area contributed by atoms with Crippen molar-refractivity contribution >= 4 is 5.91 Å². The highest BCUT2D eigenvalue weighted by atomic mass is 16.1. The Morgan fingerprint density at radius 3 is 2.50 bits per heavy atom. The van der Waals surface area contributed by atoms with Crippen molar-refractivity contribution in [1.82, 2.24) is 14.3 Å². The number of pyridine rings is 1. The molecule has 0 aliphatic carbocycles. The molecule has 0 radical (unpaired) electrons. The van der Waals surface area contributed by atoms with Gasteiger partial charge in [0.25, 0.3) is 0 Å². The van der Waals surface area contributed by atoms with E-state index >= 15 is 0 Å². The molecule has 0 aliphatic rings. The van der Waals surface area contributed by atoms with E-state index in [2.05, 4.69) is 41.3 Å². The average Bonchev–Trinajstić information content (AvgIpc) is 3.25. The lowest BCUT2D eigenvalue weighted by atomic mass is 10.1. The number of hydrogen-bond acceptors (Lipinski definition) is 2. The zero-order chi connectivity index (χ0) is 20.8. The average molecular weight is 396 g/mol. The predicted molar refractivity (Wildman–Crippen MR) is 117 cm³/mol. The first-order valence-corrected chi connectivity index (χ1v) is 10.0. The van der Waals surface area contributed by atoms with E-state index in [9.17, 15) is 4.79 Å². The molecule has 0 saturated carbocycles. The van der Waals surface area contributed by atoms with Gasteiger partial charge < -0.3 is 4.57 Å². The Morgan fingerprint density at radius 2 is 1.70 bits per heavy atom. The van der Waals surface area contributed by atoms with Crippen molar-refractivity contribution in [3.05, 3.63) is 114 Å². The molecule has 0 spiro atoms. The molecular formula is C25H24N4O. The van der Waals surface area contributed by atoms with Crippen LogP contribution in [-0.2, 0) is 17.8 Å². The van der Waals surface area contributed by atoms with Gasteiger partial charge in [-0.2, -0.15) is 10.1 Å². The van der Waals surface area contributed by atoms with Gasteiger partial charge in [0.05, 0.1) is 11.9 Å². The van der Waals surface area contributed by atoms with Crippen LogP contribution in [0.25, 0.3) is 5.69 Å². The molecule has 150 valence electrons. The summed E-state index contributed by atoms with van der Waals surface area (Å²) >= 11 is 0. The molecule has 0 unspecified atom stereocenters. The highest BCUT2D eigenvalue weighted by Crippen LogP contribution is 2.09. The molecule has 0 bridgehead atoms. The summed E-state index contributed by atoms with van der Waals surface area (Å²) in [6, 6.07) is 24.1. The van der Waals surface area contributed by atoms with Gasteiger partial charge in [0.2, 0.25) is 5.91 Å². The molecule has 4 rings (SSSR count). The van der Waals surface area contributed by atoms with Crippen LogP contribution in [-0.4, -0.2) is 20.3 Å². The number of nitrogens with zero attached hydrogens (tertiary/aromatic N) is 4. The van der Waals surface area contributed by atoms with Gasteiger partial charge in [0.15, 0.2) is 0 Å². The standard InChI is InChI=1S/C25H24N4O/c1-20-10-12-21(13-11-20)18-28-16-6-5-9-24(28)27-25(30)15-14-22-17-26-29(19-22)23-7-3-2-4-8-23/h2-13,16-17,19H,14-15,18H2,1H3. The number of aryl methyl sites for hydroxylation is 2. The van der Waals surface area contributed by atoms with Crippen LogP contribution in [0.15, 0.2) is 96.4 Å². The molecule has 1 amide bonds. The van der Waals surface area contributed by atoms with Crippen molar-refractivity contribution in [1.29, 1.82) is 0 Å². The van der Waals surface area contributed by atoms with Crippen molar-refractivity contribution in [2.24, 2.45) is 4.99 Å². The fourth-order valence-electron chi connectivity index (χ4n) is 3.24. The molecule has 0 atom stereocenters.